The first-order chi connectivity index (χ1) is 9.20. The molecule has 0 N–H and O–H groups in total. The van der Waals surface area contributed by atoms with Crippen LogP contribution in [-0.4, -0.2) is 37.0 Å². The molecule has 102 valence electrons. The van der Waals surface area contributed by atoms with Crippen molar-refractivity contribution in [2.45, 2.75) is 19.4 Å². The van der Waals surface area contributed by atoms with Crippen LogP contribution in [0.25, 0.3) is 0 Å². The maximum atomic E-state index is 11.8. The Labute approximate surface area is 112 Å². The smallest absolute Gasteiger partial charge is 0.410 e. The van der Waals surface area contributed by atoms with Crippen LogP contribution in [0, 0.1) is 0 Å². The summed E-state index contributed by atoms with van der Waals surface area (Å²) in [5, 5.41) is 0. The van der Waals surface area contributed by atoms with E-state index in [1.165, 1.54) is 4.90 Å². The maximum Gasteiger partial charge on any atom is 0.410 e. The highest BCUT2D eigenvalue weighted by Gasteiger charge is 2.22. The lowest BCUT2D eigenvalue weighted by Gasteiger charge is -2.25. The largest absolute Gasteiger partial charge is 0.496 e. The van der Waals surface area contributed by atoms with E-state index in [0.29, 0.717) is 25.1 Å². The first-order valence-electron chi connectivity index (χ1n) is 6.26. The molecule has 0 radical (unpaired) electrons. The van der Waals surface area contributed by atoms with E-state index >= 15 is 0 Å². The Morgan fingerprint density at radius 3 is 2.89 bits per heavy atom. The van der Waals surface area contributed by atoms with E-state index in [0.717, 1.165) is 5.56 Å². The van der Waals surface area contributed by atoms with Gasteiger partial charge < -0.3 is 14.4 Å². The van der Waals surface area contributed by atoms with Crippen LogP contribution < -0.4 is 4.74 Å². The van der Waals surface area contributed by atoms with Crippen molar-refractivity contribution in [2.75, 3.05) is 20.2 Å². The van der Waals surface area contributed by atoms with E-state index in [2.05, 4.69) is 0 Å². The number of piperidine rings is 1. The number of carbonyl (C=O) groups is 2. The molecule has 0 aromatic heterocycles. The predicted molar refractivity (Wildman–Crippen MR) is 69.0 cm³/mol. The Kier molecular flexibility index (Phi) is 4.39. The highest BCUT2D eigenvalue weighted by Crippen LogP contribution is 2.18. The number of ketones is 1. The number of hydrogen-bond acceptors (Lipinski definition) is 4. The van der Waals surface area contributed by atoms with Gasteiger partial charge in [-0.05, 0) is 12.5 Å². The third-order valence-corrected chi connectivity index (χ3v) is 3.05. The van der Waals surface area contributed by atoms with Gasteiger partial charge in [-0.2, -0.15) is 0 Å². The van der Waals surface area contributed by atoms with Crippen LogP contribution in [0.1, 0.15) is 18.4 Å². The van der Waals surface area contributed by atoms with Crippen LogP contribution in [0.4, 0.5) is 4.79 Å². The lowest BCUT2D eigenvalue weighted by atomic mass is 10.1. The zero-order valence-corrected chi connectivity index (χ0v) is 10.9. The van der Waals surface area contributed by atoms with Gasteiger partial charge in [0.1, 0.15) is 12.4 Å². The zero-order valence-electron chi connectivity index (χ0n) is 10.9. The Morgan fingerprint density at radius 2 is 2.16 bits per heavy atom. The molecule has 1 saturated heterocycles. The summed E-state index contributed by atoms with van der Waals surface area (Å²) in [6.45, 7) is 0.884. The van der Waals surface area contributed by atoms with Gasteiger partial charge in [0.05, 0.1) is 13.7 Å². The lowest BCUT2D eigenvalue weighted by molar-refractivity contribution is -0.121. The van der Waals surface area contributed by atoms with Crippen molar-refractivity contribution in [2.24, 2.45) is 0 Å². The van der Waals surface area contributed by atoms with Crippen molar-refractivity contribution < 1.29 is 19.1 Å². The average molecular weight is 263 g/mol. The first kappa shape index (κ1) is 13.4. The van der Waals surface area contributed by atoms with Gasteiger partial charge in [-0.15, -0.1) is 0 Å². The predicted octanol–water partition coefficient (Wildman–Crippen LogP) is 2.00. The van der Waals surface area contributed by atoms with Gasteiger partial charge in [-0.3, -0.25) is 4.79 Å². The van der Waals surface area contributed by atoms with E-state index in [9.17, 15) is 9.59 Å². The molecular weight excluding hydrogens is 246 g/mol. The number of methoxy groups -OCH3 is 1. The van der Waals surface area contributed by atoms with E-state index in [4.69, 9.17) is 9.47 Å². The van der Waals surface area contributed by atoms with Crippen molar-refractivity contribution in [1.29, 1.82) is 0 Å². The summed E-state index contributed by atoms with van der Waals surface area (Å²) in [5.74, 6) is 0.769. The normalized spacial score (nSPS) is 15.2. The van der Waals surface area contributed by atoms with Crippen LogP contribution >= 0.6 is 0 Å². The number of ether oxygens (including phenoxy) is 2. The monoisotopic (exact) mass is 263 g/mol. The quantitative estimate of drug-likeness (QED) is 0.837. The lowest BCUT2D eigenvalue weighted by Crippen LogP contribution is -2.40. The van der Waals surface area contributed by atoms with Gasteiger partial charge in [0, 0.05) is 18.5 Å². The minimum absolute atomic E-state index is 0.0838. The van der Waals surface area contributed by atoms with Crippen LogP contribution in [0.3, 0.4) is 0 Å². The minimum Gasteiger partial charge on any atom is -0.496 e. The third kappa shape index (κ3) is 3.47. The van der Waals surface area contributed by atoms with E-state index in [1.807, 2.05) is 24.3 Å². The Bertz CT molecular complexity index is 472. The molecule has 0 aliphatic carbocycles. The summed E-state index contributed by atoms with van der Waals surface area (Å²) in [6, 6.07) is 7.37. The van der Waals surface area contributed by atoms with Gasteiger partial charge >= 0.3 is 6.09 Å². The van der Waals surface area contributed by atoms with Gasteiger partial charge in [-0.25, -0.2) is 4.79 Å². The minimum atomic E-state index is -0.445. The second-order valence-electron chi connectivity index (χ2n) is 4.43. The Morgan fingerprint density at radius 1 is 1.37 bits per heavy atom. The summed E-state index contributed by atoms with van der Waals surface area (Å²) < 4.78 is 10.4. The zero-order chi connectivity index (χ0) is 13.7. The van der Waals surface area contributed by atoms with Crippen molar-refractivity contribution in [3.63, 3.8) is 0 Å². The molecule has 5 heteroatoms. The second-order valence-corrected chi connectivity index (χ2v) is 4.43. The summed E-state index contributed by atoms with van der Waals surface area (Å²) >= 11 is 0. The Hall–Kier alpha value is -2.04. The number of amides is 1. The van der Waals surface area contributed by atoms with Gasteiger partial charge in [0.25, 0.3) is 0 Å². The molecule has 0 atom stereocenters. The van der Waals surface area contributed by atoms with E-state index < -0.39 is 6.09 Å². The third-order valence-electron chi connectivity index (χ3n) is 3.05. The molecule has 1 aromatic rings. The molecule has 2 rings (SSSR count). The standard InChI is InChI=1S/C14H17NO4/c1-18-13-7-3-2-5-11(13)10-19-14(17)15-8-4-6-12(16)9-15/h2-3,5,7H,4,6,8-10H2,1H3. The van der Waals surface area contributed by atoms with Gasteiger partial charge in [-0.1, -0.05) is 18.2 Å². The highest BCUT2D eigenvalue weighted by atomic mass is 16.6. The molecule has 1 aromatic carbocycles. The van der Waals surface area contributed by atoms with Crippen LogP contribution in [0.2, 0.25) is 0 Å². The molecular formula is C14H17NO4. The van der Waals surface area contributed by atoms with Crippen molar-refractivity contribution in [1.82, 2.24) is 4.90 Å². The fraction of sp³-hybridized carbons (Fsp3) is 0.429. The average Bonchev–Trinajstić information content (AvgIpc) is 2.45. The van der Waals surface area contributed by atoms with Crippen molar-refractivity contribution in [3.05, 3.63) is 29.8 Å². The van der Waals surface area contributed by atoms with Crippen molar-refractivity contribution in [3.8, 4) is 5.75 Å². The van der Waals surface area contributed by atoms with Crippen LogP contribution in [-0.2, 0) is 16.1 Å². The number of hydrogen-bond donors (Lipinski definition) is 0. The Balaban J connectivity index is 1.91. The molecule has 0 bridgehead atoms. The summed E-state index contributed by atoms with van der Waals surface area (Å²) in [6.07, 6.45) is 0.817. The molecule has 1 fully saturated rings. The number of Topliss-reactive ketones (excluding diaryl/α,β-unsaturated/α-hetero) is 1. The number of carbonyl (C=O) groups excluding carboxylic acids is 2. The number of nitrogens with zero attached hydrogens (tertiary/aromatic N) is 1. The molecule has 1 heterocycles. The molecule has 19 heavy (non-hydrogen) atoms. The molecule has 1 aliphatic heterocycles. The summed E-state index contributed by atoms with van der Waals surface area (Å²) in [4.78, 5) is 24.6. The van der Waals surface area contributed by atoms with Gasteiger partial charge in [0.15, 0.2) is 5.78 Å². The number of likely N-dealkylation sites (tertiary alicyclic amines) is 1. The fourth-order valence-corrected chi connectivity index (χ4v) is 2.05. The molecule has 0 unspecified atom stereocenters. The maximum absolute atomic E-state index is 11.8. The molecule has 1 amide bonds. The topological polar surface area (TPSA) is 55.8 Å². The number of rotatable bonds is 3. The highest BCUT2D eigenvalue weighted by molar-refractivity contribution is 5.85. The van der Waals surface area contributed by atoms with Crippen LogP contribution in [0.5, 0.6) is 5.75 Å². The summed E-state index contributed by atoms with van der Waals surface area (Å²) in [7, 11) is 1.57. The van der Waals surface area contributed by atoms with Crippen LogP contribution in [0.15, 0.2) is 24.3 Å². The van der Waals surface area contributed by atoms with Gasteiger partial charge in [0.2, 0.25) is 0 Å². The number of benzene rings is 1. The molecule has 0 spiro atoms. The number of para-hydroxylation sites is 1. The molecule has 0 saturated carbocycles. The molecule has 1 aliphatic rings. The SMILES string of the molecule is COc1ccccc1COC(=O)N1CCCC(=O)C1. The van der Waals surface area contributed by atoms with E-state index in [-0.39, 0.29) is 18.9 Å². The molecule has 5 nitrogen and oxygen atoms in total. The second kappa shape index (κ2) is 6.22. The fourth-order valence-electron chi connectivity index (χ4n) is 2.05. The van der Waals surface area contributed by atoms with E-state index in [1.54, 1.807) is 7.11 Å². The first-order valence-corrected chi connectivity index (χ1v) is 6.26. The summed E-state index contributed by atoms with van der Waals surface area (Å²) in [5.41, 5.74) is 0.807. The van der Waals surface area contributed by atoms with Crippen molar-refractivity contribution >= 4 is 11.9 Å².